The van der Waals surface area contributed by atoms with Crippen LogP contribution < -0.4 is 4.90 Å². The lowest BCUT2D eigenvalue weighted by Crippen LogP contribution is -3.06. The molecule has 0 saturated carbocycles. The highest BCUT2D eigenvalue weighted by Crippen LogP contribution is 2.18. The van der Waals surface area contributed by atoms with Crippen LogP contribution in [0, 0.1) is 0 Å². The molecule has 0 heterocycles. The van der Waals surface area contributed by atoms with Gasteiger partial charge in [-0.1, -0.05) is 134 Å². The average Bonchev–Trinajstić information content (AvgIpc) is 2.75. The number of nitrogens with one attached hydrogen (secondary N) is 1. The Labute approximate surface area is 204 Å². The smallest absolute Gasteiger partial charge is 0.113 e. The number of hydrogen-bond donors (Lipinski definition) is 1. The average molecular weight is 485 g/mol. The summed E-state index contributed by atoms with van der Waals surface area (Å²) < 4.78 is 34.1. The molecule has 6 heteroatoms. The first-order valence-corrected chi connectivity index (χ1v) is 14.6. The van der Waals surface area contributed by atoms with E-state index in [0.717, 1.165) is 0 Å². The summed E-state index contributed by atoms with van der Waals surface area (Å²) in [6, 6.07) is 11.7. The topological polar surface area (TPSA) is 84.7 Å². The molecule has 0 aromatic heterocycles. The molecule has 1 aromatic carbocycles. The molecule has 194 valence electrons. The van der Waals surface area contributed by atoms with Crippen LogP contribution in [0.15, 0.2) is 30.3 Å². The summed E-state index contributed by atoms with van der Waals surface area (Å²) in [6.07, 6.45) is 24.5. The highest BCUT2D eigenvalue weighted by atomic mass is 32.3. The molecular weight excluding hydrogens is 434 g/mol. The molecule has 0 saturated heterocycles. The van der Waals surface area contributed by atoms with E-state index >= 15 is 0 Å². The van der Waals surface area contributed by atoms with Crippen LogP contribution in [0.1, 0.15) is 128 Å². The van der Waals surface area contributed by atoms with E-state index in [2.05, 4.69) is 51.4 Å². The summed E-state index contributed by atoms with van der Waals surface area (Å²) in [7, 11) is -0.575. The monoisotopic (exact) mass is 484 g/mol. The number of hydrogen-bond acceptors (Lipinski definition) is 4. The van der Waals surface area contributed by atoms with E-state index in [4.69, 9.17) is 17.5 Å². The fourth-order valence-electron chi connectivity index (χ4n) is 4.37. The largest absolute Gasteiger partial charge is 0.759 e. The lowest BCUT2D eigenvalue weighted by atomic mass is 9.98. The van der Waals surface area contributed by atoms with E-state index in [1.165, 1.54) is 115 Å². The van der Waals surface area contributed by atoms with Gasteiger partial charge in [-0.3, -0.25) is 8.42 Å². The van der Waals surface area contributed by atoms with Crippen molar-refractivity contribution in [3.05, 3.63) is 35.9 Å². The van der Waals surface area contributed by atoms with Crippen molar-refractivity contribution >= 4 is 10.4 Å². The van der Waals surface area contributed by atoms with Crippen molar-refractivity contribution in [2.45, 2.75) is 122 Å². The van der Waals surface area contributed by atoms with Gasteiger partial charge in [0.1, 0.15) is 6.04 Å². The van der Waals surface area contributed by atoms with Crippen LogP contribution >= 0.6 is 0 Å². The molecule has 5 nitrogen and oxygen atoms in total. The number of quaternary nitrogens is 1. The molecule has 1 N–H and O–H groups in total. The van der Waals surface area contributed by atoms with Crippen LogP contribution in [-0.2, 0) is 10.4 Å². The molecule has 0 spiro atoms. The summed E-state index contributed by atoms with van der Waals surface area (Å²) in [5, 5.41) is 0. The third kappa shape index (κ3) is 24.0. The normalized spacial score (nSPS) is 12.4. The second-order valence-electron chi connectivity index (χ2n) is 9.54. The van der Waals surface area contributed by atoms with Crippen LogP contribution in [0.4, 0.5) is 0 Å². The molecule has 0 radical (unpaired) electrons. The van der Waals surface area contributed by atoms with Gasteiger partial charge < -0.3 is 14.0 Å². The van der Waals surface area contributed by atoms with Crippen LogP contribution in [0.5, 0.6) is 0 Å². The lowest BCUT2D eigenvalue weighted by molar-refractivity contribution is -0.892. The summed E-state index contributed by atoms with van der Waals surface area (Å²) in [6.45, 7) is 2.30. The van der Waals surface area contributed by atoms with Crippen LogP contribution in [0.25, 0.3) is 0 Å². The maximum atomic E-state index is 8.52. The Morgan fingerprint density at radius 2 is 1.00 bits per heavy atom. The fourth-order valence-corrected chi connectivity index (χ4v) is 4.37. The highest BCUT2D eigenvalue weighted by Gasteiger charge is 2.16. The summed E-state index contributed by atoms with van der Waals surface area (Å²) >= 11 is 0. The van der Waals surface area contributed by atoms with Crippen molar-refractivity contribution in [1.82, 2.24) is 0 Å². The first-order valence-electron chi connectivity index (χ1n) is 13.3. The molecule has 0 aliphatic heterocycles. The van der Waals surface area contributed by atoms with Gasteiger partial charge in [-0.05, 0) is 6.42 Å². The van der Waals surface area contributed by atoms with Crippen molar-refractivity contribution < 1.29 is 22.4 Å². The number of benzene rings is 1. The first kappa shape index (κ1) is 32.0. The van der Waals surface area contributed by atoms with Crippen LogP contribution in [-0.4, -0.2) is 31.6 Å². The lowest BCUT2D eigenvalue weighted by Gasteiger charge is -2.21. The second-order valence-corrected chi connectivity index (χ2v) is 10.4. The Morgan fingerprint density at radius 1 is 0.667 bits per heavy atom. The third-order valence-corrected chi connectivity index (χ3v) is 6.25. The van der Waals surface area contributed by atoms with E-state index in [1.807, 2.05) is 0 Å². The zero-order valence-corrected chi connectivity index (χ0v) is 22.3. The fraction of sp³-hybridized carbons (Fsp3) is 0.778. The Bertz CT molecular complexity index is 627. The van der Waals surface area contributed by atoms with Gasteiger partial charge in [0, 0.05) is 22.4 Å². The number of rotatable bonds is 19. The van der Waals surface area contributed by atoms with E-state index in [1.54, 1.807) is 4.90 Å². The van der Waals surface area contributed by atoms with Gasteiger partial charge >= 0.3 is 0 Å². The Balaban J connectivity index is 0.00000184. The SMILES string of the molecule is CCCCCCCCCCCCCCCCCCC(c1ccccc1)[NH+](C)C.O=S(=O)([O-])[O-]. The first-order chi connectivity index (χ1) is 15.8. The predicted octanol–water partition coefficient (Wildman–Crippen LogP) is 6.19. The van der Waals surface area contributed by atoms with E-state index < -0.39 is 10.4 Å². The molecule has 0 aliphatic carbocycles. The van der Waals surface area contributed by atoms with Crippen LogP contribution in [0.3, 0.4) is 0 Å². The molecule has 0 amide bonds. The van der Waals surface area contributed by atoms with Gasteiger partial charge in [0.05, 0.1) is 14.1 Å². The minimum Gasteiger partial charge on any atom is -0.759 e. The Kier molecular flexibility index (Phi) is 21.0. The highest BCUT2D eigenvalue weighted by molar-refractivity contribution is 7.79. The van der Waals surface area contributed by atoms with Gasteiger partial charge in [0.2, 0.25) is 0 Å². The van der Waals surface area contributed by atoms with Crippen molar-refractivity contribution in [3.63, 3.8) is 0 Å². The summed E-state index contributed by atoms with van der Waals surface area (Å²) in [4.78, 5) is 1.56. The summed E-state index contributed by atoms with van der Waals surface area (Å²) in [5.74, 6) is 0. The zero-order valence-electron chi connectivity index (χ0n) is 21.5. The molecule has 0 bridgehead atoms. The predicted molar refractivity (Wildman–Crippen MR) is 137 cm³/mol. The zero-order chi connectivity index (χ0) is 24.8. The maximum Gasteiger partial charge on any atom is 0.113 e. The quantitative estimate of drug-likeness (QED) is 0.144. The molecule has 1 aromatic rings. The minimum absolute atomic E-state index is 0.660. The van der Waals surface area contributed by atoms with Gasteiger partial charge in [-0.15, -0.1) is 0 Å². The van der Waals surface area contributed by atoms with E-state index in [-0.39, 0.29) is 0 Å². The van der Waals surface area contributed by atoms with Crippen LogP contribution in [0.2, 0.25) is 0 Å². The van der Waals surface area contributed by atoms with Gasteiger partial charge in [0.15, 0.2) is 0 Å². The molecule has 1 rings (SSSR count). The van der Waals surface area contributed by atoms with Crippen molar-refractivity contribution in [2.24, 2.45) is 0 Å². The standard InChI is InChI=1S/C27H49N.H2O4S/c1-4-5-6-7-8-9-10-11-12-13-14-15-16-17-18-22-25-27(28(2)3)26-23-20-19-21-24-26;1-5(2,3)4/h19-21,23-24,27H,4-18,22,25H2,1-3H3;(H2,1,2,3,4)/p-1. The summed E-state index contributed by atoms with van der Waals surface area (Å²) in [5.41, 5.74) is 1.50. The van der Waals surface area contributed by atoms with Gasteiger partial charge in [0.25, 0.3) is 0 Å². The molecule has 0 fully saturated rings. The number of unbranched alkanes of at least 4 members (excludes halogenated alkanes) is 15. The molecule has 1 atom stereocenters. The molecule has 0 aliphatic rings. The Morgan fingerprint density at radius 3 is 1.33 bits per heavy atom. The van der Waals surface area contributed by atoms with Gasteiger partial charge in [-0.2, -0.15) is 0 Å². The maximum absolute atomic E-state index is 8.52. The molecule has 33 heavy (non-hydrogen) atoms. The van der Waals surface area contributed by atoms with E-state index in [9.17, 15) is 0 Å². The second kappa shape index (κ2) is 21.6. The third-order valence-electron chi connectivity index (χ3n) is 6.25. The van der Waals surface area contributed by atoms with Crippen molar-refractivity contribution in [1.29, 1.82) is 0 Å². The Hall–Kier alpha value is -0.950. The van der Waals surface area contributed by atoms with Gasteiger partial charge in [-0.25, -0.2) is 0 Å². The van der Waals surface area contributed by atoms with Crippen molar-refractivity contribution in [2.75, 3.05) is 14.1 Å². The molecule has 1 unspecified atom stereocenters. The van der Waals surface area contributed by atoms with E-state index in [0.29, 0.717) is 6.04 Å². The minimum atomic E-state index is -5.17. The molecular formula is C27H50NO4S-. The van der Waals surface area contributed by atoms with Crippen molar-refractivity contribution in [3.8, 4) is 0 Å².